The van der Waals surface area contributed by atoms with Crippen molar-refractivity contribution in [2.75, 3.05) is 33.2 Å². The van der Waals surface area contributed by atoms with Crippen molar-refractivity contribution < 1.29 is 28.8 Å². The van der Waals surface area contributed by atoms with Gasteiger partial charge in [0.1, 0.15) is 12.1 Å². The summed E-state index contributed by atoms with van der Waals surface area (Å²) in [5.41, 5.74) is 27.6. The molecule has 3 unspecified atom stereocenters. The summed E-state index contributed by atoms with van der Waals surface area (Å²) in [5, 5.41) is 13.1. The Labute approximate surface area is 293 Å². The van der Waals surface area contributed by atoms with Gasteiger partial charge in [0.25, 0.3) is 5.91 Å². The second kappa shape index (κ2) is 20.2. The molecule has 0 aliphatic carbocycles. The Morgan fingerprint density at radius 1 is 0.820 bits per heavy atom. The number of nitrogens with two attached hydrogens (primary N) is 5. The molecule has 1 heterocycles. The molecule has 0 saturated carbocycles. The average molecular weight is 718 g/mol. The summed E-state index contributed by atoms with van der Waals surface area (Å²) >= 11 is 1.02. The van der Waals surface area contributed by atoms with Crippen LogP contribution in [0.1, 0.15) is 59.7 Å². The van der Waals surface area contributed by atoms with Gasteiger partial charge in [0.15, 0.2) is 16.9 Å². The number of hydrogen-bond acceptors (Lipinski definition) is 11. The minimum atomic E-state index is -1.06. The highest BCUT2D eigenvalue weighted by molar-refractivity contribution is 7.20. The number of nitrogens with one attached hydrogen (secondary N) is 5. The molecule has 15 N–H and O–H groups in total. The number of rotatable bonds is 21. The fourth-order valence-electron chi connectivity index (χ4n) is 4.60. The van der Waals surface area contributed by atoms with E-state index < -0.39 is 60.0 Å². The molecule has 20 heteroatoms. The van der Waals surface area contributed by atoms with Gasteiger partial charge >= 0.3 is 0 Å². The minimum absolute atomic E-state index is 0.0318. The summed E-state index contributed by atoms with van der Waals surface area (Å²) in [5.74, 6) is -3.88. The number of guanidine groups is 2. The Morgan fingerprint density at radius 3 is 1.96 bits per heavy atom. The van der Waals surface area contributed by atoms with Crippen molar-refractivity contribution in [1.82, 2.24) is 31.6 Å². The maximum Gasteiger partial charge on any atom is 0.251 e. The van der Waals surface area contributed by atoms with Gasteiger partial charge in [0, 0.05) is 18.7 Å². The number of thiazole rings is 1. The number of Topliss-reactive ketones (excluding diaryl/α,β-unsaturated/α-hetero) is 1. The topological polar surface area (TPSA) is 330 Å². The highest BCUT2D eigenvalue weighted by atomic mass is 32.1. The molecule has 0 aliphatic rings. The maximum atomic E-state index is 13.7. The van der Waals surface area contributed by atoms with Crippen LogP contribution >= 0.6 is 11.3 Å². The highest BCUT2D eigenvalue weighted by Crippen LogP contribution is 2.25. The maximum absolute atomic E-state index is 13.7. The number of aromatic nitrogens is 1. The Morgan fingerprint density at radius 2 is 1.40 bits per heavy atom. The van der Waals surface area contributed by atoms with E-state index in [1.165, 1.54) is 6.07 Å². The van der Waals surface area contributed by atoms with E-state index >= 15 is 0 Å². The van der Waals surface area contributed by atoms with E-state index in [0.717, 1.165) is 11.3 Å². The monoisotopic (exact) mass is 717 g/mol. The third kappa shape index (κ3) is 13.6. The van der Waals surface area contributed by atoms with Gasteiger partial charge in [-0.3, -0.25) is 38.8 Å². The molecule has 0 spiro atoms. The molecule has 1 aromatic heterocycles. The smallest absolute Gasteiger partial charge is 0.251 e. The van der Waals surface area contributed by atoms with Crippen molar-refractivity contribution >= 4 is 68.8 Å². The van der Waals surface area contributed by atoms with Gasteiger partial charge in [-0.2, -0.15) is 0 Å². The number of carbonyl (C=O) groups is 6. The summed E-state index contributed by atoms with van der Waals surface area (Å²) in [4.78, 5) is 88.6. The van der Waals surface area contributed by atoms with E-state index in [9.17, 15) is 28.8 Å². The molecule has 5 amide bonds. The van der Waals surface area contributed by atoms with E-state index in [-0.39, 0.29) is 60.9 Å². The fourth-order valence-corrected chi connectivity index (χ4v) is 5.60. The van der Waals surface area contributed by atoms with Gasteiger partial charge < -0.3 is 55.3 Å². The largest absolute Gasteiger partial charge is 0.370 e. The molecule has 0 aliphatic heterocycles. The lowest BCUT2D eigenvalue weighted by molar-refractivity contribution is -0.130. The lowest BCUT2D eigenvalue weighted by Gasteiger charge is -2.19. The van der Waals surface area contributed by atoms with E-state index in [1.807, 2.05) is 0 Å². The summed E-state index contributed by atoms with van der Waals surface area (Å²) in [6.07, 6.45) is 1.02. The van der Waals surface area contributed by atoms with Crippen molar-refractivity contribution in [2.45, 2.75) is 57.7 Å². The SMILES string of the molecule is CNCC(=O)NC(CCCN=C(N)N)C(=O)NCC(=O)NC(CCCN=C(N)N)C(=O)c1nc2ccc(C(=O)NC(C(N)=O)C(C)C)cc2s1. The van der Waals surface area contributed by atoms with Crippen LogP contribution in [0.25, 0.3) is 10.2 Å². The first-order valence-corrected chi connectivity index (χ1v) is 16.6. The quantitative estimate of drug-likeness (QED) is 0.0270. The normalized spacial score (nSPS) is 12.6. The van der Waals surface area contributed by atoms with Crippen LogP contribution in [0.3, 0.4) is 0 Å². The molecule has 0 radical (unpaired) electrons. The van der Waals surface area contributed by atoms with Crippen molar-refractivity contribution in [3.05, 3.63) is 28.8 Å². The predicted octanol–water partition coefficient (Wildman–Crippen LogP) is -2.87. The summed E-state index contributed by atoms with van der Waals surface area (Å²) < 4.78 is 0.519. The summed E-state index contributed by atoms with van der Waals surface area (Å²) in [6, 6.07) is 1.71. The number of aliphatic imine (C=N–C) groups is 2. The van der Waals surface area contributed by atoms with Gasteiger partial charge in [-0.1, -0.05) is 13.8 Å². The number of primary amides is 1. The Hall–Kier alpha value is -5.37. The Bertz CT molecular complexity index is 1580. The van der Waals surface area contributed by atoms with Crippen LogP contribution in [0, 0.1) is 5.92 Å². The summed E-state index contributed by atoms with van der Waals surface area (Å²) in [6.45, 7) is 3.39. The molecule has 3 atom stereocenters. The highest BCUT2D eigenvalue weighted by Gasteiger charge is 2.27. The molecule has 19 nitrogen and oxygen atoms in total. The van der Waals surface area contributed by atoms with Gasteiger partial charge in [-0.15, -0.1) is 11.3 Å². The molecule has 2 aromatic rings. The van der Waals surface area contributed by atoms with Crippen molar-refractivity contribution in [3.63, 3.8) is 0 Å². The number of fused-ring (bicyclic) bond motifs is 1. The van der Waals surface area contributed by atoms with Crippen molar-refractivity contribution in [1.29, 1.82) is 0 Å². The molecule has 0 saturated heterocycles. The molecule has 50 heavy (non-hydrogen) atoms. The molecule has 2 rings (SSSR count). The lowest BCUT2D eigenvalue weighted by atomic mass is 10.0. The molecule has 0 fully saturated rings. The van der Waals surface area contributed by atoms with Crippen molar-refractivity contribution in [3.8, 4) is 0 Å². The average Bonchev–Trinajstić information content (AvgIpc) is 3.48. The third-order valence-corrected chi connectivity index (χ3v) is 8.11. The standard InChI is InChI=1S/C30H47N13O6S/c1-15(2)23(25(31)47)43-26(48)16-8-9-17-20(12-16)50-28(42-17)24(46)18(6-4-10-37-29(32)33)40-22(45)14-39-27(49)19(41-21(44)13-36-3)7-5-11-38-30(34)35/h8-9,12,15,18-19,23,36H,4-7,10-11,13-14H2,1-3H3,(H2,31,47)(H,39,49)(H,40,45)(H,41,44)(H,43,48)(H4,32,33,37)(H4,34,35,38). The van der Waals surface area contributed by atoms with Crippen LogP contribution in [-0.2, 0) is 19.2 Å². The van der Waals surface area contributed by atoms with Crippen molar-refractivity contribution in [2.24, 2.45) is 44.6 Å². The van der Waals surface area contributed by atoms with Crippen LogP contribution in [0.5, 0.6) is 0 Å². The lowest BCUT2D eigenvalue weighted by Crippen LogP contribution is -2.51. The van der Waals surface area contributed by atoms with Crippen LogP contribution in [0.15, 0.2) is 28.2 Å². The van der Waals surface area contributed by atoms with E-state index in [1.54, 1.807) is 33.0 Å². The zero-order valence-corrected chi connectivity index (χ0v) is 29.1. The van der Waals surface area contributed by atoms with E-state index in [2.05, 4.69) is 41.6 Å². The number of likely N-dealkylation sites (N-methyl/N-ethyl adjacent to an activating group) is 1. The van der Waals surface area contributed by atoms with Crippen LogP contribution in [-0.4, -0.2) is 104 Å². The minimum Gasteiger partial charge on any atom is -0.370 e. The molecule has 0 bridgehead atoms. The van der Waals surface area contributed by atoms with Gasteiger partial charge in [0.05, 0.1) is 29.3 Å². The fraction of sp³-hybridized carbons (Fsp3) is 0.500. The zero-order valence-electron chi connectivity index (χ0n) is 28.3. The number of hydrogen-bond donors (Lipinski definition) is 10. The Balaban J connectivity index is 2.19. The zero-order chi connectivity index (χ0) is 37.4. The van der Waals surface area contributed by atoms with Crippen LogP contribution < -0.4 is 55.3 Å². The number of nitrogens with zero attached hydrogens (tertiary/aromatic N) is 3. The number of carbonyl (C=O) groups excluding carboxylic acids is 6. The van der Waals surface area contributed by atoms with Crippen LogP contribution in [0.4, 0.5) is 0 Å². The third-order valence-electron chi connectivity index (χ3n) is 7.08. The number of benzene rings is 1. The molecular weight excluding hydrogens is 670 g/mol. The molecule has 1 aromatic carbocycles. The van der Waals surface area contributed by atoms with E-state index in [4.69, 9.17) is 28.7 Å². The van der Waals surface area contributed by atoms with E-state index in [0.29, 0.717) is 23.1 Å². The van der Waals surface area contributed by atoms with Crippen LogP contribution in [0.2, 0.25) is 0 Å². The first-order chi connectivity index (χ1) is 23.6. The van der Waals surface area contributed by atoms with Gasteiger partial charge in [-0.25, -0.2) is 4.98 Å². The van der Waals surface area contributed by atoms with Gasteiger partial charge in [-0.05, 0) is 56.8 Å². The number of ketones is 1. The predicted molar refractivity (Wildman–Crippen MR) is 190 cm³/mol. The molecular formula is C30H47N13O6S. The second-order valence-electron chi connectivity index (χ2n) is 11.5. The Kier molecular flexibility index (Phi) is 16.5. The first kappa shape index (κ1) is 40.8. The number of amides is 5. The molecule has 274 valence electrons. The van der Waals surface area contributed by atoms with Gasteiger partial charge in [0.2, 0.25) is 29.4 Å². The summed E-state index contributed by atoms with van der Waals surface area (Å²) in [7, 11) is 1.58. The first-order valence-electron chi connectivity index (χ1n) is 15.8. The second-order valence-corrected chi connectivity index (χ2v) is 12.6.